The Kier molecular flexibility index (Phi) is 2.91. The third-order valence-corrected chi connectivity index (χ3v) is 3.76. The van der Waals surface area contributed by atoms with Crippen molar-refractivity contribution in [3.8, 4) is 0 Å². The standard InChI is InChI=1S/C15H15NS/c17-14-8-4-3-7-13(14)15-12-6-2-1-5-11(12)9-10-16-15/h1-8,15-17H,9-10H2. The fraction of sp³-hybridized carbons (Fsp3) is 0.200. The molecule has 0 aliphatic carbocycles. The third-order valence-electron chi connectivity index (χ3n) is 3.36. The molecule has 1 heterocycles. The Balaban J connectivity index is 2.09. The summed E-state index contributed by atoms with van der Waals surface area (Å²) < 4.78 is 0. The number of thiol groups is 1. The van der Waals surface area contributed by atoms with Crippen molar-refractivity contribution in [3.63, 3.8) is 0 Å². The molecule has 1 atom stereocenters. The first-order chi connectivity index (χ1) is 8.36. The summed E-state index contributed by atoms with van der Waals surface area (Å²) in [4.78, 5) is 1.06. The fourth-order valence-electron chi connectivity index (χ4n) is 2.51. The summed E-state index contributed by atoms with van der Waals surface area (Å²) in [5, 5.41) is 3.58. The largest absolute Gasteiger partial charge is 0.306 e. The van der Waals surface area contributed by atoms with Gasteiger partial charge < -0.3 is 5.32 Å². The molecule has 1 unspecified atom stereocenters. The summed E-state index contributed by atoms with van der Waals surface area (Å²) in [7, 11) is 0. The van der Waals surface area contributed by atoms with Gasteiger partial charge >= 0.3 is 0 Å². The van der Waals surface area contributed by atoms with Crippen LogP contribution in [0.15, 0.2) is 53.4 Å². The van der Waals surface area contributed by atoms with Gasteiger partial charge in [-0.25, -0.2) is 0 Å². The molecule has 1 aliphatic rings. The lowest BCUT2D eigenvalue weighted by atomic mass is 9.90. The van der Waals surface area contributed by atoms with Gasteiger partial charge in [-0.2, -0.15) is 0 Å². The van der Waals surface area contributed by atoms with E-state index < -0.39 is 0 Å². The third kappa shape index (κ3) is 1.99. The van der Waals surface area contributed by atoms with E-state index in [0.717, 1.165) is 17.9 Å². The Bertz CT molecular complexity index is 536. The van der Waals surface area contributed by atoms with Crippen molar-refractivity contribution in [2.24, 2.45) is 0 Å². The molecule has 2 aromatic rings. The van der Waals surface area contributed by atoms with Gasteiger partial charge in [0.15, 0.2) is 0 Å². The molecular weight excluding hydrogens is 226 g/mol. The molecule has 2 heteroatoms. The van der Waals surface area contributed by atoms with E-state index in [1.165, 1.54) is 16.7 Å². The lowest BCUT2D eigenvalue weighted by molar-refractivity contribution is 0.562. The van der Waals surface area contributed by atoms with E-state index in [9.17, 15) is 0 Å². The van der Waals surface area contributed by atoms with Crippen LogP contribution < -0.4 is 5.32 Å². The highest BCUT2D eigenvalue weighted by Gasteiger charge is 2.21. The Morgan fingerprint density at radius 2 is 1.65 bits per heavy atom. The second-order valence-corrected chi connectivity index (χ2v) is 4.88. The summed E-state index contributed by atoms with van der Waals surface area (Å²) >= 11 is 4.56. The Morgan fingerprint density at radius 3 is 2.47 bits per heavy atom. The van der Waals surface area contributed by atoms with Crippen LogP contribution in [-0.2, 0) is 6.42 Å². The lowest BCUT2D eigenvalue weighted by Gasteiger charge is -2.28. The first-order valence-electron chi connectivity index (χ1n) is 5.95. The normalized spacial score (nSPS) is 18.8. The average molecular weight is 241 g/mol. The van der Waals surface area contributed by atoms with Crippen LogP contribution in [0.3, 0.4) is 0 Å². The topological polar surface area (TPSA) is 12.0 Å². The van der Waals surface area contributed by atoms with Crippen LogP contribution in [0.25, 0.3) is 0 Å². The summed E-state index contributed by atoms with van der Waals surface area (Å²) in [6.45, 7) is 1.03. The molecule has 86 valence electrons. The minimum absolute atomic E-state index is 0.286. The highest BCUT2D eigenvalue weighted by molar-refractivity contribution is 7.80. The first kappa shape index (κ1) is 10.9. The Labute approximate surface area is 107 Å². The number of fused-ring (bicyclic) bond motifs is 1. The van der Waals surface area contributed by atoms with E-state index in [1.54, 1.807) is 0 Å². The maximum absolute atomic E-state index is 4.56. The van der Waals surface area contributed by atoms with Gasteiger partial charge in [0.25, 0.3) is 0 Å². The number of benzene rings is 2. The maximum Gasteiger partial charge on any atom is 0.0590 e. The van der Waals surface area contributed by atoms with Crippen LogP contribution in [-0.4, -0.2) is 6.54 Å². The van der Waals surface area contributed by atoms with Gasteiger partial charge in [-0.05, 0) is 29.2 Å². The van der Waals surface area contributed by atoms with E-state index in [-0.39, 0.29) is 6.04 Å². The van der Waals surface area contributed by atoms with Crippen LogP contribution in [0.2, 0.25) is 0 Å². The average Bonchev–Trinajstić information content (AvgIpc) is 2.39. The summed E-state index contributed by atoms with van der Waals surface area (Å²) in [5.74, 6) is 0. The van der Waals surface area contributed by atoms with Crippen molar-refractivity contribution >= 4 is 12.6 Å². The monoisotopic (exact) mass is 241 g/mol. The van der Waals surface area contributed by atoms with Gasteiger partial charge in [-0.15, -0.1) is 12.6 Å². The minimum atomic E-state index is 0.286. The zero-order chi connectivity index (χ0) is 11.7. The molecule has 0 amide bonds. The predicted molar refractivity (Wildman–Crippen MR) is 73.7 cm³/mol. The van der Waals surface area contributed by atoms with Crippen LogP contribution in [0, 0.1) is 0 Å². The molecule has 0 aromatic heterocycles. The van der Waals surface area contributed by atoms with Crippen molar-refractivity contribution in [1.82, 2.24) is 5.32 Å². The SMILES string of the molecule is Sc1ccccc1C1NCCc2ccccc21. The van der Waals surface area contributed by atoms with Crippen LogP contribution >= 0.6 is 12.6 Å². The van der Waals surface area contributed by atoms with Crippen LogP contribution in [0.1, 0.15) is 22.7 Å². The second-order valence-electron chi connectivity index (χ2n) is 4.39. The van der Waals surface area contributed by atoms with E-state index in [0.29, 0.717) is 0 Å². The molecule has 0 saturated carbocycles. The molecule has 1 aliphatic heterocycles. The van der Waals surface area contributed by atoms with Crippen LogP contribution in [0.4, 0.5) is 0 Å². The molecule has 2 aromatic carbocycles. The molecule has 0 saturated heterocycles. The lowest BCUT2D eigenvalue weighted by Crippen LogP contribution is -2.30. The molecule has 1 N–H and O–H groups in total. The number of rotatable bonds is 1. The zero-order valence-electron chi connectivity index (χ0n) is 9.56. The minimum Gasteiger partial charge on any atom is -0.306 e. The van der Waals surface area contributed by atoms with E-state index in [2.05, 4.69) is 60.4 Å². The summed E-state index contributed by atoms with van der Waals surface area (Å²) in [6.07, 6.45) is 1.11. The molecule has 0 spiro atoms. The van der Waals surface area contributed by atoms with Gasteiger partial charge in [0, 0.05) is 11.4 Å². The smallest absolute Gasteiger partial charge is 0.0590 e. The van der Waals surface area contributed by atoms with Gasteiger partial charge in [0.2, 0.25) is 0 Å². The van der Waals surface area contributed by atoms with Crippen molar-refractivity contribution in [1.29, 1.82) is 0 Å². The molecule has 17 heavy (non-hydrogen) atoms. The Hall–Kier alpha value is -1.25. The van der Waals surface area contributed by atoms with Gasteiger partial charge in [-0.1, -0.05) is 42.5 Å². The summed E-state index contributed by atoms with van der Waals surface area (Å²) in [5.41, 5.74) is 4.11. The Morgan fingerprint density at radius 1 is 0.941 bits per heavy atom. The quantitative estimate of drug-likeness (QED) is 0.731. The maximum atomic E-state index is 4.56. The number of hydrogen-bond donors (Lipinski definition) is 2. The fourth-order valence-corrected chi connectivity index (χ4v) is 2.80. The first-order valence-corrected chi connectivity index (χ1v) is 6.40. The van der Waals surface area contributed by atoms with Crippen molar-refractivity contribution < 1.29 is 0 Å². The van der Waals surface area contributed by atoms with Crippen molar-refractivity contribution in [2.75, 3.05) is 6.54 Å². The van der Waals surface area contributed by atoms with Gasteiger partial charge in [-0.3, -0.25) is 0 Å². The van der Waals surface area contributed by atoms with E-state index >= 15 is 0 Å². The predicted octanol–water partition coefficient (Wildman–Crippen LogP) is 3.21. The molecule has 0 fully saturated rings. The van der Waals surface area contributed by atoms with Gasteiger partial charge in [0.1, 0.15) is 0 Å². The highest BCUT2D eigenvalue weighted by atomic mass is 32.1. The van der Waals surface area contributed by atoms with Crippen molar-refractivity contribution in [2.45, 2.75) is 17.4 Å². The van der Waals surface area contributed by atoms with Gasteiger partial charge in [0.05, 0.1) is 6.04 Å². The van der Waals surface area contributed by atoms with E-state index in [1.807, 2.05) is 6.07 Å². The molecule has 3 rings (SSSR count). The molecular formula is C15H15NS. The zero-order valence-corrected chi connectivity index (χ0v) is 10.5. The second kappa shape index (κ2) is 4.55. The molecule has 1 nitrogen and oxygen atoms in total. The summed E-state index contributed by atoms with van der Waals surface area (Å²) in [6, 6.07) is 17.3. The molecule has 0 bridgehead atoms. The van der Waals surface area contributed by atoms with Crippen molar-refractivity contribution in [3.05, 3.63) is 65.2 Å². The number of nitrogens with one attached hydrogen (secondary N) is 1. The molecule has 0 radical (unpaired) electrons. The van der Waals surface area contributed by atoms with Crippen LogP contribution in [0.5, 0.6) is 0 Å². The van der Waals surface area contributed by atoms with E-state index in [4.69, 9.17) is 0 Å². The number of hydrogen-bond acceptors (Lipinski definition) is 2. The highest BCUT2D eigenvalue weighted by Crippen LogP contribution is 2.31.